The number of pyridine rings is 1. The summed E-state index contributed by atoms with van der Waals surface area (Å²) < 4.78 is 17.7. The van der Waals surface area contributed by atoms with Gasteiger partial charge in [-0.2, -0.15) is 0 Å². The van der Waals surface area contributed by atoms with E-state index in [1.165, 1.54) is 22.9 Å². The second-order valence-corrected chi connectivity index (χ2v) is 9.11. The minimum Gasteiger partial charge on any atom is -0.354 e. The molecule has 4 aromatic rings. The molecule has 0 amide bonds. The van der Waals surface area contributed by atoms with Gasteiger partial charge in [-0.1, -0.05) is 6.92 Å². The first-order valence-corrected chi connectivity index (χ1v) is 11.5. The quantitative estimate of drug-likeness (QED) is 0.451. The number of hydrogen-bond acceptors (Lipinski definition) is 7. The molecule has 1 aliphatic carbocycles. The SMILES string of the molecule is CCc1cn2nc(N3C[C@@H]4[C@H](C3)[C@H]4N(C)c3nc(-c4ccncc4F)cc(=O)n3C)ccc2n1. The molecule has 0 spiro atoms. The molecule has 0 N–H and O–H groups in total. The van der Waals surface area contributed by atoms with Gasteiger partial charge in [0.15, 0.2) is 11.5 Å². The largest absolute Gasteiger partial charge is 0.354 e. The van der Waals surface area contributed by atoms with Crippen LogP contribution in [0.1, 0.15) is 12.6 Å². The van der Waals surface area contributed by atoms with Gasteiger partial charge in [-0.05, 0) is 24.6 Å². The summed E-state index contributed by atoms with van der Waals surface area (Å²) in [7, 11) is 3.66. The summed E-state index contributed by atoms with van der Waals surface area (Å²) in [4.78, 5) is 30.0. The van der Waals surface area contributed by atoms with E-state index in [9.17, 15) is 9.18 Å². The molecule has 9 nitrogen and oxygen atoms in total. The molecule has 0 aromatic carbocycles. The highest BCUT2D eigenvalue weighted by Crippen LogP contribution is 2.50. The molecule has 1 saturated heterocycles. The van der Waals surface area contributed by atoms with Crippen LogP contribution < -0.4 is 15.4 Å². The summed E-state index contributed by atoms with van der Waals surface area (Å²) in [5.41, 5.74) is 2.26. The standard InChI is InChI=1S/C24H25FN8O/c1-4-14-11-33-20(27-14)5-6-21(29-33)32-12-16-17(13-32)23(16)31(3)24-28-19(9-22(34)30(24)2)15-7-8-26-10-18(15)25/h5-11,16-17,23H,4,12-13H2,1-3H3/t16-,17+,23+. The van der Waals surface area contributed by atoms with Crippen molar-refractivity contribution in [2.75, 3.05) is 29.9 Å². The molecular formula is C24H25FN8O. The zero-order valence-corrected chi connectivity index (χ0v) is 19.3. The Morgan fingerprint density at radius 2 is 1.97 bits per heavy atom. The van der Waals surface area contributed by atoms with Crippen LogP contribution in [0.3, 0.4) is 0 Å². The van der Waals surface area contributed by atoms with E-state index in [1.807, 2.05) is 29.9 Å². The number of rotatable bonds is 5. The minimum absolute atomic E-state index is 0.222. The Labute approximate surface area is 195 Å². The Kier molecular flexibility index (Phi) is 4.65. The monoisotopic (exact) mass is 460 g/mol. The maximum Gasteiger partial charge on any atom is 0.255 e. The van der Waals surface area contributed by atoms with Crippen LogP contribution in [0.25, 0.3) is 16.9 Å². The predicted octanol–water partition coefficient (Wildman–Crippen LogP) is 2.16. The number of hydrogen-bond donors (Lipinski definition) is 0. The van der Waals surface area contributed by atoms with Crippen molar-refractivity contribution in [3.05, 3.63) is 64.7 Å². The Balaban J connectivity index is 1.22. The van der Waals surface area contributed by atoms with Crippen molar-refractivity contribution in [1.82, 2.24) is 29.1 Å². The lowest BCUT2D eigenvalue weighted by molar-refractivity contribution is 0.623. The van der Waals surface area contributed by atoms with E-state index in [4.69, 9.17) is 5.10 Å². The maximum absolute atomic E-state index is 14.3. The van der Waals surface area contributed by atoms with E-state index in [2.05, 4.69) is 31.7 Å². The van der Waals surface area contributed by atoms with Crippen molar-refractivity contribution in [2.24, 2.45) is 18.9 Å². The first-order chi connectivity index (χ1) is 16.4. The summed E-state index contributed by atoms with van der Waals surface area (Å²) in [5, 5.41) is 4.76. The number of halogens is 1. The molecule has 0 bridgehead atoms. The van der Waals surface area contributed by atoms with Crippen LogP contribution in [-0.2, 0) is 13.5 Å². The summed E-state index contributed by atoms with van der Waals surface area (Å²) in [5.74, 6) is 1.89. The van der Waals surface area contributed by atoms with Crippen LogP contribution in [-0.4, -0.2) is 55.3 Å². The number of aryl methyl sites for hydroxylation is 1. The first-order valence-electron chi connectivity index (χ1n) is 11.5. The minimum atomic E-state index is -0.496. The number of piperidine rings is 1. The number of fused-ring (bicyclic) bond motifs is 2. The highest BCUT2D eigenvalue weighted by molar-refractivity contribution is 5.61. The van der Waals surface area contributed by atoms with Gasteiger partial charge >= 0.3 is 0 Å². The van der Waals surface area contributed by atoms with Crippen LogP contribution in [0.4, 0.5) is 16.2 Å². The highest BCUT2D eigenvalue weighted by Gasteiger charge is 2.58. The summed E-state index contributed by atoms with van der Waals surface area (Å²) in [6, 6.07) is 7.23. The van der Waals surface area contributed by atoms with Gasteiger partial charge in [-0.15, -0.1) is 5.10 Å². The van der Waals surface area contributed by atoms with E-state index in [0.717, 1.165) is 42.9 Å². The van der Waals surface area contributed by atoms with E-state index < -0.39 is 5.82 Å². The molecular weight excluding hydrogens is 435 g/mol. The zero-order valence-electron chi connectivity index (χ0n) is 19.3. The van der Waals surface area contributed by atoms with E-state index >= 15 is 0 Å². The third kappa shape index (κ3) is 3.24. The van der Waals surface area contributed by atoms with Gasteiger partial charge in [0, 0.05) is 62.9 Å². The number of aromatic nitrogens is 6. The van der Waals surface area contributed by atoms with Crippen molar-refractivity contribution in [3.8, 4) is 11.3 Å². The topological polar surface area (TPSA) is 84.5 Å². The Hall–Kier alpha value is -3.82. The number of imidazole rings is 1. The predicted molar refractivity (Wildman–Crippen MR) is 126 cm³/mol. The molecule has 1 aliphatic heterocycles. The highest BCUT2D eigenvalue weighted by atomic mass is 19.1. The number of nitrogens with zero attached hydrogens (tertiary/aromatic N) is 8. The van der Waals surface area contributed by atoms with Gasteiger partial charge in [0.25, 0.3) is 5.56 Å². The summed E-state index contributed by atoms with van der Waals surface area (Å²) >= 11 is 0. The van der Waals surface area contributed by atoms with E-state index in [1.54, 1.807) is 7.05 Å². The molecule has 5 heterocycles. The fraction of sp³-hybridized carbons (Fsp3) is 0.375. The molecule has 174 valence electrons. The smallest absolute Gasteiger partial charge is 0.255 e. The second kappa shape index (κ2) is 7.61. The molecule has 34 heavy (non-hydrogen) atoms. The maximum atomic E-state index is 14.3. The normalized spacial score (nSPS) is 21.2. The summed E-state index contributed by atoms with van der Waals surface area (Å²) in [6.07, 6.45) is 5.50. The molecule has 2 aliphatic rings. The second-order valence-electron chi connectivity index (χ2n) is 9.11. The van der Waals surface area contributed by atoms with Crippen molar-refractivity contribution < 1.29 is 4.39 Å². The van der Waals surface area contributed by atoms with Gasteiger partial charge in [0.1, 0.15) is 5.82 Å². The zero-order chi connectivity index (χ0) is 23.6. The van der Waals surface area contributed by atoms with Gasteiger partial charge in [-0.3, -0.25) is 14.3 Å². The van der Waals surface area contributed by atoms with E-state index in [-0.39, 0.29) is 17.2 Å². The molecule has 0 unspecified atom stereocenters. The molecule has 3 atom stereocenters. The average molecular weight is 461 g/mol. The third-order valence-corrected chi connectivity index (χ3v) is 7.11. The van der Waals surface area contributed by atoms with E-state index in [0.29, 0.717) is 23.5 Å². The Morgan fingerprint density at radius 3 is 2.71 bits per heavy atom. The number of anilines is 2. The molecule has 2 fully saturated rings. The van der Waals surface area contributed by atoms with Crippen LogP contribution in [0, 0.1) is 17.7 Å². The molecule has 6 rings (SSSR count). The Morgan fingerprint density at radius 1 is 1.18 bits per heavy atom. The molecule has 10 heteroatoms. The Bertz CT molecular complexity index is 1450. The lowest BCUT2D eigenvalue weighted by atomic mass is 10.2. The van der Waals surface area contributed by atoms with Gasteiger partial charge < -0.3 is 9.80 Å². The van der Waals surface area contributed by atoms with Crippen LogP contribution in [0.5, 0.6) is 0 Å². The van der Waals surface area contributed by atoms with Gasteiger partial charge in [0.2, 0.25) is 5.95 Å². The van der Waals surface area contributed by atoms with Crippen LogP contribution >= 0.6 is 0 Å². The van der Waals surface area contributed by atoms with Crippen LogP contribution in [0.2, 0.25) is 0 Å². The van der Waals surface area contributed by atoms with Crippen molar-refractivity contribution in [2.45, 2.75) is 19.4 Å². The summed E-state index contributed by atoms with van der Waals surface area (Å²) in [6.45, 7) is 3.86. The fourth-order valence-corrected chi connectivity index (χ4v) is 5.21. The average Bonchev–Trinajstić information content (AvgIpc) is 3.16. The van der Waals surface area contributed by atoms with Crippen molar-refractivity contribution in [3.63, 3.8) is 0 Å². The first kappa shape index (κ1) is 20.8. The third-order valence-electron chi connectivity index (χ3n) is 7.11. The lowest BCUT2D eigenvalue weighted by Crippen LogP contribution is -2.36. The van der Waals surface area contributed by atoms with Crippen molar-refractivity contribution in [1.29, 1.82) is 0 Å². The molecule has 0 radical (unpaired) electrons. The van der Waals surface area contributed by atoms with Crippen molar-refractivity contribution >= 4 is 17.4 Å². The van der Waals surface area contributed by atoms with Gasteiger partial charge in [-0.25, -0.2) is 18.9 Å². The molecule has 4 aromatic heterocycles. The van der Waals surface area contributed by atoms with Crippen LogP contribution in [0.15, 0.2) is 47.7 Å². The molecule has 1 saturated carbocycles. The lowest BCUT2D eigenvalue weighted by Gasteiger charge is -2.26. The van der Waals surface area contributed by atoms with Gasteiger partial charge in [0.05, 0.1) is 23.8 Å². The fourth-order valence-electron chi connectivity index (χ4n) is 5.21.